The first-order valence-corrected chi connectivity index (χ1v) is 8.43. The molecular weight excluding hydrogens is 260 g/mol. The lowest BCUT2D eigenvalue weighted by Crippen LogP contribution is -2.57. The smallest absolute Gasteiger partial charge is 0.0397 e. The Morgan fingerprint density at radius 3 is 2.24 bits per heavy atom. The van der Waals surface area contributed by atoms with E-state index < -0.39 is 0 Å². The van der Waals surface area contributed by atoms with Gasteiger partial charge in [-0.25, -0.2) is 5.01 Å². The van der Waals surface area contributed by atoms with Crippen molar-refractivity contribution < 1.29 is 0 Å². The molecule has 1 aromatic rings. The van der Waals surface area contributed by atoms with Crippen molar-refractivity contribution in [3.63, 3.8) is 0 Å². The lowest BCUT2D eigenvalue weighted by Gasteiger charge is -2.43. The molecule has 0 aliphatic carbocycles. The van der Waals surface area contributed by atoms with E-state index >= 15 is 0 Å². The number of rotatable bonds is 3. The molecule has 0 aromatic carbocycles. The van der Waals surface area contributed by atoms with Gasteiger partial charge in [0.1, 0.15) is 0 Å². The summed E-state index contributed by atoms with van der Waals surface area (Å²) in [6.07, 6.45) is 10.2. The van der Waals surface area contributed by atoms with Crippen molar-refractivity contribution in [3.05, 3.63) is 24.5 Å². The fourth-order valence-electron chi connectivity index (χ4n) is 3.71. The normalized spacial score (nSPS) is 28.8. The maximum absolute atomic E-state index is 4.10. The molecule has 2 saturated heterocycles. The maximum atomic E-state index is 4.10. The molecule has 2 aliphatic rings. The van der Waals surface area contributed by atoms with Crippen LogP contribution in [0.15, 0.2) is 24.5 Å². The van der Waals surface area contributed by atoms with Crippen molar-refractivity contribution in [1.29, 1.82) is 0 Å². The molecule has 2 atom stereocenters. The first-order chi connectivity index (χ1) is 10.2. The van der Waals surface area contributed by atoms with Gasteiger partial charge in [0, 0.05) is 49.3 Å². The molecule has 4 heteroatoms. The van der Waals surface area contributed by atoms with Crippen molar-refractivity contribution in [2.24, 2.45) is 0 Å². The van der Waals surface area contributed by atoms with Crippen molar-refractivity contribution in [2.75, 3.05) is 18.0 Å². The average molecular weight is 288 g/mol. The van der Waals surface area contributed by atoms with Crippen molar-refractivity contribution in [3.8, 4) is 0 Å². The molecule has 0 amide bonds. The van der Waals surface area contributed by atoms with E-state index in [0.717, 1.165) is 13.1 Å². The largest absolute Gasteiger partial charge is 0.371 e. The quantitative estimate of drug-likeness (QED) is 0.927. The second-order valence-corrected chi connectivity index (χ2v) is 6.63. The van der Waals surface area contributed by atoms with Gasteiger partial charge >= 0.3 is 0 Å². The molecule has 3 rings (SSSR count). The van der Waals surface area contributed by atoms with E-state index in [4.69, 9.17) is 0 Å². The Morgan fingerprint density at radius 2 is 1.62 bits per heavy atom. The summed E-state index contributed by atoms with van der Waals surface area (Å²) in [5.74, 6) is 0. The van der Waals surface area contributed by atoms with Gasteiger partial charge in [0.25, 0.3) is 0 Å². The Kier molecular flexibility index (Phi) is 4.76. The summed E-state index contributed by atoms with van der Waals surface area (Å²) in [5, 5.41) is 2.52. The molecule has 0 spiro atoms. The van der Waals surface area contributed by atoms with Gasteiger partial charge in [0.2, 0.25) is 0 Å². The third-order valence-corrected chi connectivity index (χ3v) is 5.05. The summed E-state index contributed by atoms with van der Waals surface area (Å²) in [6, 6.07) is 6.20. The van der Waals surface area contributed by atoms with E-state index in [1.807, 2.05) is 12.4 Å². The zero-order valence-electron chi connectivity index (χ0n) is 13.3. The van der Waals surface area contributed by atoms with Crippen molar-refractivity contribution in [1.82, 2.24) is 15.4 Å². The van der Waals surface area contributed by atoms with Gasteiger partial charge in [-0.15, -0.1) is 0 Å². The minimum atomic E-state index is 0.631. The summed E-state index contributed by atoms with van der Waals surface area (Å²) in [7, 11) is 0. The molecule has 1 aromatic heterocycles. The molecule has 0 saturated carbocycles. The Morgan fingerprint density at radius 1 is 1.00 bits per heavy atom. The highest BCUT2D eigenvalue weighted by Crippen LogP contribution is 2.23. The predicted octanol–water partition coefficient (Wildman–Crippen LogP) is 2.82. The van der Waals surface area contributed by atoms with Crippen LogP contribution < -0.4 is 10.3 Å². The van der Waals surface area contributed by atoms with Gasteiger partial charge in [0.15, 0.2) is 0 Å². The SMILES string of the molecule is CC1CCCC(C)N1NC1CCN(c2ccncc2)CC1. The number of hydrogen-bond donors (Lipinski definition) is 1. The zero-order chi connectivity index (χ0) is 14.7. The lowest BCUT2D eigenvalue weighted by molar-refractivity contribution is 0.0252. The van der Waals surface area contributed by atoms with Gasteiger partial charge in [-0.05, 0) is 51.7 Å². The van der Waals surface area contributed by atoms with Gasteiger partial charge in [-0.3, -0.25) is 10.4 Å². The molecule has 2 fully saturated rings. The molecule has 3 heterocycles. The molecule has 0 radical (unpaired) electrons. The van der Waals surface area contributed by atoms with Crippen LogP contribution in [0.3, 0.4) is 0 Å². The third-order valence-electron chi connectivity index (χ3n) is 5.05. The highest BCUT2D eigenvalue weighted by Gasteiger charge is 2.28. The summed E-state index contributed by atoms with van der Waals surface area (Å²) in [4.78, 5) is 6.58. The fourth-order valence-corrected chi connectivity index (χ4v) is 3.71. The standard InChI is InChI=1S/C17H28N4/c1-14-4-3-5-15(2)21(14)19-16-8-12-20(13-9-16)17-6-10-18-11-7-17/h6-7,10-11,14-16,19H,3-5,8-9,12-13H2,1-2H3. The van der Waals surface area contributed by atoms with Crippen LogP contribution >= 0.6 is 0 Å². The first kappa shape index (κ1) is 14.8. The number of hydrogen-bond acceptors (Lipinski definition) is 4. The monoisotopic (exact) mass is 288 g/mol. The summed E-state index contributed by atoms with van der Waals surface area (Å²) in [6.45, 7) is 6.99. The van der Waals surface area contributed by atoms with Crippen LogP contribution in [0.2, 0.25) is 0 Å². The molecule has 116 valence electrons. The van der Waals surface area contributed by atoms with E-state index in [1.54, 1.807) is 0 Å². The van der Waals surface area contributed by atoms with E-state index in [1.165, 1.54) is 37.8 Å². The predicted molar refractivity (Wildman–Crippen MR) is 87.2 cm³/mol. The number of piperidine rings is 2. The summed E-state index contributed by atoms with van der Waals surface area (Å²) in [5.41, 5.74) is 5.13. The van der Waals surface area contributed by atoms with Crippen LogP contribution in [0, 0.1) is 0 Å². The molecular formula is C17H28N4. The molecule has 21 heavy (non-hydrogen) atoms. The lowest BCUT2D eigenvalue weighted by atomic mass is 9.99. The molecule has 4 nitrogen and oxygen atoms in total. The van der Waals surface area contributed by atoms with Gasteiger partial charge in [0.05, 0.1) is 0 Å². The number of pyridine rings is 1. The first-order valence-electron chi connectivity index (χ1n) is 8.43. The second kappa shape index (κ2) is 6.75. The van der Waals surface area contributed by atoms with Gasteiger partial charge < -0.3 is 4.90 Å². The van der Waals surface area contributed by atoms with E-state index in [9.17, 15) is 0 Å². The van der Waals surface area contributed by atoms with Crippen LogP contribution in [0.5, 0.6) is 0 Å². The second-order valence-electron chi connectivity index (χ2n) is 6.63. The molecule has 2 aliphatic heterocycles. The van der Waals surface area contributed by atoms with E-state index in [-0.39, 0.29) is 0 Å². The average Bonchev–Trinajstić information content (AvgIpc) is 2.53. The summed E-state index contributed by atoms with van der Waals surface area (Å²) >= 11 is 0. The van der Waals surface area contributed by atoms with E-state index in [0.29, 0.717) is 18.1 Å². The minimum Gasteiger partial charge on any atom is -0.371 e. The van der Waals surface area contributed by atoms with Crippen LogP contribution in [0.25, 0.3) is 0 Å². The maximum Gasteiger partial charge on any atom is 0.0397 e. The Balaban J connectivity index is 1.52. The van der Waals surface area contributed by atoms with Crippen LogP contribution in [0.4, 0.5) is 5.69 Å². The molecule has 2 unspecified atom stereocenters. The van der Waals surface area contributed by atoms with Crippen LogP contribution in [-0.4, -0.2) is 41.2 Å². The highest BCUT2D eigenvalue weighted by atomic mass is 15.5. The van der Waals surface area contributed by atoms with Gasteiger partial charge in [-0.1, -0.05) is 6.42 Å². The Bertz CT molecular complexity index is 418. The molecule has 0 bridgehead atoms. The number of hydrazine groups is 1. The number of anilines is 1. The third kappa shape index (κ3) is 3.55. The Labute approximate surface area is 128 Å². The van der Waals surface area contributed by atoms with E-state index in [2.05, 4.69) is 46.3 Å². The van der Waals surface area contributed by atoms with Crippen LogP contribution in [-0.2, 0) is 0 Å². The zero-order valence-corrected chi connectivity index (χ0v) is 13.3. The topological polar surface area (TPSA) is 31.4 Å². The Hall–Kier alpha value is -1.13. The van der Waals surface area contributed by atoms with Crippen molar-refractivity contribution >= 4 is 5.69 Å². The highest BCUT2D eigenvalue weighted by molar-refractivity contribution is 5.44. The minimum absolute atomic E-state index is 0.631. The van der Waals surface area contributed by atoms with Crippen LogP contribution in [0.1, 0.15) is 46.0 Å². The summed E-state index contributed by atoms with van der Waals surface area (Å²) < 4.78 is 0. The van der Waals surface area contributed by atoms with Gasteiger partial charge in [-0.2, -0.15) is 0 Å². The van der Waals surface area contributed by atoms with Crippen molar-refractivity contribution in [2.45, 2.75) is 64.1 Å². The fraction of sp³-hybridized carbons (Fsp3) is 0.706. The number of nitrogens with one attached hydrogen (secondary N) is 1. The number of nitrogens with zero attached hydrogens (tertiary/aromatic N) is 3. The number of aromatic nitrogens is 1. The molecule has 1 N–H and O–H groups in total.